The molecule has 136 valence electrons. The van der Waals surface area contributed by atoms with Crippen LogP contribution in [0.5, 0.6) is 11.5 Å². The number of imidazole rings is 1. The summed E-state index contributed by atoms with van der Waals surface area (Å²) < 4.78 is 36.7. The number of methoxy groups -OCH3 is 2. The van der Waals surface area contributed by atoms with Gasteiger partial charge in [-0.1, -0.05) is 6.07 Å². The first-order chi connectivity index (χ1) is 12.0. The molecule has 0 unspecified atom stereocenters. The van der Waals surface area contributed by atoms with Crippen molar-refractivity contribution in [3.63, 3.8) is 0 Å². The van der Waals surface area contributed by atoms with E-state index in [1.165, 1.54) is 38.6 Å². The van der Waals surface area contributed by atoms with Crippen LogP contribution in [0.15, 0.2) is 30.6 Å². The fraction of sp³-hybridized carbons (Fsp3) is 0.375. The SMILES string of the molecule is COc1ccc(CNC(=O)N(C)Cc2nccn2C(F)F)cc1OC. The predicted molar refractivity (Wildman–Crippen MR) is 86.7 cm³/mol. The van der Waals surface area contributed by atoms with Crippen molar-refractivity contribution in [2.75, 3.05) is 21.3 Å². The summed E-state index contributed by atoms with van der Waals surface area (Å²) in [5, 5.41) is 2.71. The Morgan fingerprint density at radius 1 is 1.32 bits per heavy atom. The van der Waals surface area contributed by atoms with Crippen molar-refractivity contribution < 1.29 is 23.0 Å². The number of amides is 2. The minimum absolute atomic E-state index is 0.0326. The van der Waals surface area contributed by atoms with Crippen molar-refractivity contribution >= 4 is 6.03 Å². The number of hydrogen-bond acceptors (Lipinski definition) is 4. The van der Waals surface area contributed by atoms with Crippen LogP contribution in [0.25, 0.3) is 0 Å². The summed E-state index contributed by atoms with van der Waals surface area (Å²) in [6.45, 7) is -2.47. The number of alkyl halides is 2. The summed E-state index contributed by atoms with van der Waals surface area (Å²) in [5.74, 6) is 1.26. The molecule has 0 aliphatic heterocycles. The van der Waals surface area contributed by atoms with Gasteiger partial charge in [-0.15, -0.1) is 0 Å². The first kappa shape index (κ1) is 18.5. The van der Waals surface area contributed by atoms with E-state index in [9.17, 15) is 13.6 Å². The lowest BCUT2D eigenvalue weighted by Crippen LogP contribution is -2.37. The number of benzene rings is 1. The van der Waals surface area contributed by atoms with Crippen LogP contribution in [0.4, 0.5) is 13.6 Å². The van der Waals surface area contributed by atoms with Crippen LogP contribution in [0.3, 0.4) is 0 Å². The smallest absolute Gasteiger partial charge is 0.319 e. The normalized spacial score (nSPS) is 10.6. The molecular formula is C16H20F2N4O3. The highest BCUT2D eigenvalue weighted by Gasteiger charge is 2.16. The van der Waals surface area contributed by atoms with Crippen molar-refractivity contribution in [2.24, 2.45) is 0 Å². The quantitative estimate of drug-likeness (QED) is 0.830. The molecule has 2 aromatic rings. The molecule has 2 rings (SSSR count). The number of nitrogens with one attached hydrogen (secondary N) is 1. The maximum absolute atomic E-state index is 12.8. The number of aromatic nitrogens is 2. The largest absolute Gasteiger partial charge is 0.493 e. The Morgan fingerprint density at radius 3 is 2.68 bits per heavy atom. The summed E-state index contributed by atoms with van der Waals surface area (Å²) in [5.41, 5.74) is 0.813. The zero-order chi connectivity index (χ0) is 18.4. The Morgan fingerprint density at radius 2 is 2.04 bits per heavy atom. The maximum Gasteiger partial charge on any atom is 0.319 e. The van der Waals surface area contributed by atoms with E-state index in [0.717, 1.165) is 10.1 Å². The fourth-order valence-corrected chi connectivity index (χ4v) is 2.23. The molecule has 1 aromatic carbocycles. The van der Waals surface area contributed by atoms with Crippen molar-refractivity contribution in [1.82, 2.24) is 19.8 Å². The minimum atomic E-state index is -2.69. The fourth-order valence-electron chi connectivity index (χ4n) is 2.23. The first-order valence-corrected chi connectivity index (χ1v) is 7.46. The number of nitrogens with zero attached hydrogens (tertiary/aromatic N) is 3. The van der Waals surface area contributed by atoms with Gasteiger partial charge >= 0.3 is 12.6 Å². The minimum Gasteiger partial charge on any atom is -0.493 e. The Hall–Kier alpha value is -2.84. The monoisotopic (exact) mass is 354 g/mol. The van der Waals surface area contributed by atoms with Gasteiger partial charge in [0.15, 0.2) is 11.5 Å². The summed E-state index contributed by atoms with van der Waals surface area (Å²) in [7, 11) is 4.57. The molecule has 0 bridgehead atoms. The van der Waals surface area contributed by atoms with Crippen LogP contribution >= 0.6 is 0 Å². The molecule has 0 aliphatic carbocycles. The Bertz CT molecular complexity index is 721. The topological polar surface area (TPSA) is 68.6 Å². The van der Waals surface area contributed by atoms with Gasteiger partial charge in [0, 0.05) is 26.0 Å². The van der Waals surface area contributed by atoms with E-state index >= 15 is 0 Å². The van der Waals surface area contributed by atoms with Gasteiger partial charge in [0.2, 0.25) is 0 Å². The lowest BCUT2D eigenvalue weighted by molar-refractivity contribution is 0.0651. The van der Waals surface area contributed by atoms with E-state index in [2.05, 4.69) is 10.3 Å². The van der Waals surface area contributed by atoms with Gasteiger partial charge in [-0.2, -0.15) is 8.78 Å². The van der Waals surface area contributed by atoms with E-state index in [1.807, 2.05) is 0 Å². The lowest BCUT2D eigenvalue weighted by Gasteiger charge is -2.18. The number of rotatable bonds is 7. The molecule has 9 heteroatoms. The Labute approximate surface area is 144 Å². The molecule has 0 aliphatic rings. The van der Waals surface area contributed by atoms with Gasteiger partial charge in [0.1, 0.15) is 5.82 Å². The maximum atomic E-state index is 12.8. The molecule has 2 amide bonds. The van der Waals surface area contributed by atoms with E-state index < -0.39 is 12.6 Å². The number of urea groups is 1. The molecule has 0 radical (unpaired) electrons. The zero-order valence-electron chi connectivity index (χ0n) is 14.2. The molecule has 0 atom stereocenters. The highest BCUT2D eigenvalue weighted by atomic mass is 19.3. The van der Waals surface area contributed by atoms with Crippen LogP contribution in [-0.2, 0) is 13.1 Å². The van der Waals surface area contributed by atoms with E-state index in [0.29, 0.717) is 11.5 Å². The van der Waals surface area contributed by atoms with Crippen LogP contribution < -0.4 is 14.8 Å². The third-order valence-electron chi connectivity index (χ3n) is 3.58. The number of halogens is 2. The zero-order valence-corrected chi connectivity index (χ0v) is 14.2. The summed E-state index contributed by atoms with van der Waals surface area (Å²) >= 11 is 0. The average Bonchev–Trinajstić information content (AvgIpc) is 3.07. The Kier molecular flexibility index (Phi) is 6.15. The first-order valence-electron chi connectivity index (χ1n) is 7.46. The second kappa shape index (κ2) is 8.32. The number of hydrogen-bond donors (Lipinski definition) is 1. The van der Waals surface area contributed by atoms with Crippen LogP contribution in [0.2, 0.25) is 0 Å². The molecule has 25 heavy (non-hydrogen) atoms. The van der Waals surface area contributed by atoms with Crippen LogP contribution in [0, 0.1) is 0 Å². The van der Waals surface area contributed by atoms with Gasteiger partial charge in [0.05, 0.1) is 20.8 Å². The summed E-state index contributed by atoms with van der Waals surface area (Å²) in [6, 6.07) is 4.88. The van der Waals surface area contributed by atoms with Gasteiger partial charge < -0.3 is 19.7 Å². The standard InChI is InChI=1S/C16H20F2N4O3/c1-21(10-14-19-6-7-22(14)15(17)18)16(23)20-9-11-4-5-12(24-2)13(8-11)25-3/h4-8,15H,9-10H2,1-3H3,(H,20,23). The Balaban J connectivity index is 1.94. The average molecular weight is 354 g/mol. The summed E-state index contributed by atoms with van der Waals surface area (Å²) in [6.07, 6.45) is 2.45. The molecule has 7 nitrogen and oxygen atoms in total. The number of ether oxygens (including phenoxy) is 2. The van der Waals surface area contributed by atoms with E-state index in [4.69, 9.17) is 9.47 Å². The molecule has 1 aromatic heterocycles. The molecule has 0 saturated heterocycles. The lowest BCUT2D eigenvalue weighted by atomic mass is 10.2. The van der Waals surface area contributed by atoms with Crippen LogP contribution in [0.1, 0.15) is 17.9 Å². The molecule has 0 fully saturated rings. The molecular weight excluding hydrogens is 334 g/mol. The third kappa shape index (κ3) is 4.59. The number of carbonyl (C=O) groups excluding carboxylic acids is 1. The highest BCUT2D eigenvalue weighted by Crippen LogP contribution is 2.27. The molecule has 0 saturated carbocycles. The predicted octanol–water partition coefficient (Wildman–Crippen LogP) is 2.64. The van der Waals surface area contributed by atoms with Crippen molar-refractivity contribution in [2.45, 2.75) is 19.6 Å². The second-order valence-corrected chi connectivity index (χ2v) is 5.23. The highest BCUT2D eigenvalue weighted by molar-refractivity contribution is 5.73. The van der Waals surface area contributed by atoms with Gasteiger partial charge in [0.25, 0.3) is 0 Å². The third-order valence-corrected chi connectivity index (χ3v) is 3.58. The van der Waals surface area contributed by atoms with E-state index in [1.54, 1.807) is 18.2 Å². The van der Waals surface area contributed by atoms with Crippen molar-refractivity contribution in [3.8, 4) is 11.5 Å². The summed E-state index contributed by atoms with van der Waals surface area (Å²) in [4.78, 5) is 17.3. The molecule has 0 spiro atoms. The van der Waals surface area contributed by atoms with Crippen molar-refractivity contribution in [3.05, 3.63) is 42.0 Å². The second-order valence-electron chi connectivity index (χ2n) is 5.23. The van der Waals surface area contributed by atoms with Gasteiger partial charge in [-0.05, 0) is 17.7 Å². The van der Waals surface area contributed by atoms with Gasteiger partial charge in [-0.25, -0.2) is 9.78 Å². The van der Waals surface area contributed by atoms with Crippen molar-refractivity contribution in [1.29, 1.82) is 0 Å². The molecule has 1 heterocycles. The van der Waals surface area contributed by atoms with Crippen LogP contribution in [-0.4, -0.2) is 41.7 Å². The van der Waals surface area contributed by atoms with Gasteiger partial charge in [-0.3, -0.25) is 4.57 Å². The van der Waals surface area contributed by atoms with E-state index in [-0.39, 0.29) is 18.9 Å². The number of carbonyl (C=O) groups is 1. The molecule has 1 N–H and O–H groups in total.